The highest BCUT2D eigenvalue weighted by molar-refractivity contribution is 5.29. The van der Waals surface area contributed by atoms with Crippen molar-refractivity contribution in [3.05, 3.63) is 29.1 Å². The lowest BCUT2D eigenvalue weighted by molar-refractivity contribution is 0.262. The molecule has 0 aliphatic heterocycles. The van der Waals surface area contributed by atoms with Gasteiger partial charge in [0.25, 0.3) is 0 Å². The highest BCUT2D eigenvalue weighted by Gasteiger charge is 2.26. The number of hydrogen-bond donors (Lipinski definition) is 1. The summed E-state index contributed by atoms with van der Waals surface area (Å²) in [4.78, 5) is 0. The zero-order chi connectivity index (χ0) is 13.0. The molecule has 2 nitrogen and oxygen atoms in total. The molecule has 7 heteroatoms. The Morgan fingerprint density at radius 2 is 1.35 bits per heavy atom. The van der Waals surface area contributed by atoms with Gasteiger partial charge in [-0.2, -0.15) is 8.78 Å². The number of halogens is 5. The third-order valence-corrected chi connectivity index (χ3v) is 1.94. The molecule has 1 aromatic carbocycles. The summed E-state index contributed by atoms with van der Waals surface area (Å²) in [5.74, 6) is -11.4. The highest BCUT2D eigenvalue weighted by atomic mass is 19.2. The van der Waals surface area contributed by atoms with Crippen molar-refractivity contribution >= 4 is 0 Å². The van der Waals surface area contributed by atoms with Crippen LogP contribution in [0.5, 0.6) is 5.75 Å². The molecule has 1 N–H and O–H groups in total. The molecule has 0 aromatic heterocycles. The molecular formula is C10H10F5NO. The fourth-order valence-electron chi connectivity index (χ4n) is 1.11. The van der Waals surface area contributed by atoms with Crippen LogP contribution < -0.4 is 10.1 Å². The van der Waals surface area contributed by atoms with Crippen molar-refractivity contribution in [3.8, 4) is 5.75 Å². The van der Waals surface area contributed by atoms with E-state index in [0.717, 1.165) is 0 Å². The lowest BCUT2D eigenvalue weighted by Gasteiger charge is -2.10. The largest absolute Gasteiger partial charge is 0.486 e. The van der Waals surface area contributed by atoms with E-state index in [1.165, 1.54) is 0 Å². The van der Waals surface area contributed by atoms with Gasteiger partial charge in [0.15, 0.2) is 5.75 Å². The van der Waals surface area contributed by atoms with Crippen molar-refractivity contribution in [1.29, 1.82) is 0 Å². The fraction of sp³-hybridized carbons (Fsp3) is 0.400. The Morgan fingerprint density at radius 3 is 1.82 bits per heavy atom. The van der Waals surface area contributed by atoms with E-state index >= 15 is 0 Å². The minimum Gasteiger partial charge on any atom is -0.486 e. The van der Waals surface area contributed by atoms with Crippen molar-refractivity contribution < 1.29 is 26.7 Å². The van der Waals surface area contributed by atoms with Crippen LogP contribution in [0.4, 0.5) is 22.0 Å². The number of ether oxygens (including phenoxy) is 1. The number of benzene rings is 1. The molecule has 96 valence electrons. The zero-order valence-corrected chi connectivity index (χ0v) is 8.92. The summed E-state index contributed by atoms with van der Waals surface area (Å²) >= 11 is 0. The topological polar surface area (TPSA) is 21.3 Å². The van der Waals surface area contributed by atoms with Crippen LogP contribution in [0.1, 0.15) is 6.92 Å². The minimum absolute atomic E-state index is 0.202. The van der Waals surface area contributed by atoms with Gasteiger partial charge in [0.2, 0.25) is 29.1 Å². The molecule has 0 bridgehead atoms. The molecule has 0 aliphatic carbocycles. The van der Waals surface area contributed by atoms with Gasteiger partial charge in [-0.1, -0.05) is 6.92 Å². The second-order valence-corrected chi connectivity index (χ2v) is 3.10. The molecule has 0 saturated carbocycles. The number of rotatable bonds is 5. The van der Waals surface area contributed by atoms with E-state index in [0.29, 0.717) is 6.54 Å². The van der Waals surface area contributed by atoms with E-state index in [1.807, 2.05) is 0 Å². The molecule has 0 spiro atoms. The van der Waals surface area contributed by atoms with E-state index in [-0.39, 0.29) is 13.2 Å². The van der Waals surface area contributed by atoms with Gasteiger partial charge in [0.1, 0.15) is 6.61 Å². The Morgan fingerprint density at radius 1 is 0.882 bits per heavy atom. The van der Waals surface area contributed by atoms with Gasteiger partial charge in [-0.3, -0.25) is 0 Å². The highest BCUT2D eigenvalue weighted by Crippen LogP contribution is 2.28. The Bertz CT molecular complexity index is 381. The Balaban J connectivity index is 2.92. The first kappa shape index (κ1) is 13.7. The van der Waals surface area contributed by atoms with E-state index in [4.69, 9.17) is 0 Å². The molecule has 0 fully saturated rings. The molecule has 0 atom stereocenters. The standard InChI is InChI=1S/C10H10F5NO/c1-2-16-3-4-17-10-8(14)6(12)5(11)7(13)9(10)15/h16H,2-4H2,1H3. The lowest BCUT2D eigenvalue weighted by atomic mass is 10.2. The summed E-state index contributed by atoms with van der Waals surface area (Å²) in [5.41, 5.74) is 0. The smallest absolute Gasteiger partial charge is 0.206 e. The quantitative estimate of drug-likeness (QED) is 0.377. The Hall–Kier alpha value is -1.37. The van der Waals surface area contributed by atoms with Crippen LogP contribution >= 0.6 is 0 Å². The lowest BCUT2D eigenvalue weighted by Crippen LogP contribution is -2.21. The van der Waals surface area contributed by atoms with Gasteiger partial charge >= 0.3 is 0 Å². The summed E-state index contributed by atoms with van der Waals surface area (Å²) in [6.07, 6.45) is 0. The average Bonchev–Trinajstić information content (AvgIpc) is 2.33. The molecule has 0 unspecified atom stereocenters. The summed E-state index contributed by atoms with van der Waals surface area (Å²) in [6, 6.07) is 0. The van der Waals surface area contributed by atoms with E-state index in [2.05, 4.69) is 10.1 Å². The second kappa shape index (κ2) is 5.81. The van der Waals surface area contributed by atoms with Crippen LogP contribution in [0, 0.1) is 29.1 Å². The average molecular weight is 255 g/mol. The van der Waals surface area contributed by atoms with Crippen molar-refractivity contribution in [1.82, 2.24) is 5.32 Å². The minimum atomic E-state index is -2.20. The van der Waals surface area contributed by atoms with E-state index in [9.17, 15) is 22.0 Å². The van der Waals surface area contributed by atoms with Gasteiger partial charge in [0.05, 0.1) is 0 Å². The van der Waals surface area contributed by atoms with Crippen molar-refractivity contribution in [2.24, 2.45) is 0 Å². The second-order valence-electron chi connectivity index (χ2n) is 3.10. The van der Waals surface area contributed by atoms with Crippen LogP contribution in [-0.4, -0.2) is 19.7 Å². The SMILES string of the molecule is CCNCCOc1c(F)c(F)c(F)c(F)c1F. The van der Waals surface area contributed by atoms with E-state index < -0.39 is 34.8 Å². The Kier molecular flexibility index (Phi) is 4.68. The first-order valence-corrected chi connectivity index (χ1v) is 4.85. The van der Waals surface area contributed by atoms with Gasteiger partial charge in [-0.05, 0) is 6.54 Å². The maximum atomic E-state index is 13.0. The maximum absolute atomic E-state index is 13.0. The molecule has 1 rings (SSSR count). The van der Waals surface area contributed by atoms with Crippen molar-refractivity contribution in [2.45, 2.75) is 6.92 Å². The third-order valence-electron chi connectivity index (χ3n) is 1.94. The molecule has 0 amide bonds. The van der Waals surface area contributed by atoms with Crippen molar-refractivity contribution in [2.75, 3.05) is 19.7 Å². The van der Waals surface area contributed by atoms with Crippen LogP contribution in [0.3, 0.4) is 0 Å². The van der Waals surface area contributed by atoms with E-state index in [1.54, 1.807) is 6.92 Å². The molecule has 17 heavy (non-hydrogen) atoms. The fourth-order valence-corrected chi connectivity index (χ4v) is 1.11. The number of likely N-dealkylation sites (N-methyl/N-ethyl adjacent to an activating group) is 1. The van der Waals surface area contributed by atoms with Crippen LogP contribution in [-0.2, 0) is 0 Å². The van der Waals surface area contributed by atoms with Gasteiger partial charge in [-0.25, -0.2) is 13.2 Å². The molecule has 0 aliphatic rings. The molecule has 0 radical (unpaired) electrons. The predicted octanol–water partition coefficient (Wildman–Crippen LogP) is 2.37. The summed E-state index contributed by atoms with van der Waals surface area (Å²) in [5, 5.41) is 2.77. The van der Waals surface area contributed by atoms with Gasteiger partial charge in [-0.15, -0.1) is 0 Å². The maximum Gasteiger partial charge on any atom is 0.206 e. The first-order chi connectivity index (χ1) is 8.00. The molecule has 0 saturated heterocycles. The van der Waals surface area contributed by atoms with Crippen LogP contribution in [0.25, 0.3) is 0 Å². The monoisotopic (exact) mass is 255 g/mol. The van der Waals surface area contributed by atoms with Crippen LogP contribution in [0.15, 0.2) is 0 Å². The molecule has 1 aromatic rings. The van der Waals surface area contributed by atoms with Crippen LogP contribution in [0.2, 0.25) is 0 Å². The molecular weight excluding hydrogens is 245 g/mol. The third kappa shape index (κ3) is 2.85. The summed E-state index contributed by atoms with van der Waals surface area (Å²) < 4.78 is 68.7. The van der Waals surface area contributed by atoms with Gasteiger partial charge in [0, 0.05) is 6.54 Å². The Labute approximate surface area is 94.4 Å². The van der Waals surface area contributed by atoms with Gasteiger partial charge < -0.3 is 10.1 Å². The number of hydrogen-bond acceptors (Lipinski definition) is 2. The molecule has 0 heterocycles. The zero-order valence-electron chi connectivity index (χ0n) is 8.92. The van der Waals surface area contributed by atoms with Crippen molar-refractivity contribution in [3.63, 3.8) is 0 Å². The number of nitrogens with one attached hydrogen (secondary N) is 1. The predicted molar refractivity (Wildman–Crippen MR) is 50.3 cm³/mol. The summed E-state index contributed by atoms with van der Waals surface area (Å²) in [6.45, 7) is 2.42. The first-order valence-electron chi connectivity index (χ1n) is 4.85. The normalized spacial score (nSPS) is 10.7. The summed E-state index contributed by atoms with van der Waals surface area (Å²) in [7, 11) is 0.